The van der Waals surface area contributed by atoms with E-state index in [1.165, 1.54) is 31.7 Å². The molecule has 0 amide bonds. The van der Waals surface area contributed by atoms with Gasteiger partial charge in [-0.05, 0) is 37.9 Å². The molecule has 1 aliphatic rings. The number of pyridine rings is 1. The van der Waals surface area contributed by atoms with Crippen molar-refractivity contribution in [2.75, 3.05) is 18.0 Å². The predicted octanol–water partition coefficient (Wildman–Crippen LogP) is 3.10. The third kappa shape index (κ3) is 3.90. The van der Waals surface area contributed by atoms with Crippen LogP contribution in [0.5, 0.6) is 0 Å². The van der Waals surface area contributed by atoms with Crippen LogP contribution in [-0.2, 0) is 0 Å². The number of hydrogen-bond acceptors (Lipinski definition) is 3. The van der Waals surface area contributed by atoms with Crippen molar-refractivity contribution in [3.8, 4) is 0 Å². The van der Waals surface area contributed by atoms with Gasteiger partial charge in [0, 0.05) is 18.8 Å². The molecule has 0 unspecified atom stereocenters. The first kappa shape index (κ1) is 14.3. The zero-order chi connectivity index (χ0) is 13.5. The molecule has 4 heteroatoms. The Hall–Kier alpha value is -1.16. The average Bonchev–Trinajstić information content (AvgIpc) is 2.70. The van der Waals surface area contributed by atoms with E-state index in [4.69, 9.17) is 5.73 Å². The van der Waals surface area contributed by atoms with Crippen LogP contribution in [0.4, 0.5) is 10.2 Å². The largest absolute Gasteiger partial charge is 0.351 e. The van der Waals surface area contributed by atoms with Crippen LogP contribution in [0, 0.1) is 5.82 Å². The maximum atomic E-state index is 14.0. The molecule has 0 atom stereocenters. The van der Waals surface area contributed by atoms with E-state index >= 15 is 0 Å². The first-order chi connectivity index (χ1) is 9.33. The molecule has 1 saturated carbocycles. The Morgan fingerprint density at radius 1 is 1.26 bits per heavy atom. The summed E-state index contributed by atoms with van der Waals surface area (Å²) in [5.74, 6) is 0.284. The van der Waals surface area contributed by atoms with Gasteiger partial charge >= 0.3 is 0 Å². The molecule has 1 aromatic heterocycles. The summed E-state index contributed by atoms with van der Waals surface area (Å²) < 4.78 is 14.0. The second-order valence-corrected chi connectivity index (χ2v) is 5.29. The third-order valence-corrected chi connectivity index (χ3v) is 3.88. The van der Waals surface area contributed by atoms with Crippen molar-refractivity contribution in [1.29, 1.82) is 0 Å². The standard InChI is InChI=1S/C15H24FN3/c16-14-9-5-11-18-15(14)19(12-6-10-17)13-7-3-1-2-4-8-13/h5,9,11,13H,1-4,6-8,10,12,17H2. The van der Waals surface area contributed by atoms with Crippen molar-refractivity contribution in [2.24, 2.45) is 5.73 Å². The maximum absolute atomic E-state index is 14.0. The highest BCUT2D eigenvalue weighted by atomic mass is 19.1. The maximum Gasteiger partial charge on any atom is 0.165 e. The monoisotopic (exact) mass is 265 g/mol. The van der Waals surface area contributed by atoms with E-state index in [1.807, 2.05) is 0 Å². The van der Waals surface area contributed by atoms with Gasteiger partial charge in [0.05, 0.1) is 0 Å². The zero-order valence-corrected chi connectivity index (χ0v) is 11.5. The summed E-state index contributed by atoms with van der Waals surface area (Å²) in [5.41, 5.74) is 5.61. The number of nitrogens with zero attached hydrogens (tertiary/aromatic N) is 2. The lowest BCUT2D eigenvalue weighted by atomic mass is 10.1. The number of hydrogen-bond donors (Lipinski definition) is 1. The molecule has 19 heavy (non-hydrogen) atoms. The van der Waals surface area contributed by atoms with Crippen molar-refractivity contribution in [3.05, 3.63) is 24.1 Å². The lowest BCUT2D eigenvalue weighted by Crippen LogP contribution is -2.38. The topological polar surface area (TPSA) is 42.1 Å². The van der Waals surface area contributed by atoms with Gasteiger partial charge in [-0.3, -0.25) is 0 Å². The second-order valence-electron chi connectivity index (χ2n) is 5.29. The highest BCUT2D eigenvalue weighted by Crippen LogP contribution is 2.27. The molecule has 106 valence electrons. The number of aromatic nitrogens is 1. The first-order valence-electron chi connectivity index (χ1n) is 7.40. The number of rotatable bonds is 5. The Morgan fingerprint density at radius 2 is 2.00 bits per heavy atom. The summed E-state index contributed by atoms with van der Waals surface area (Å²) in [6.45, 7) is 1.44. The highest BCUT2D eigenvalue weighted by Gasteiger charge is 2.23. The fourth-order valence-corrected chi connectivity index (χ4v) is 2.88. The molecule has 2 rings (SSSR count). The van der Waals surface area contributed by atoms with Crippen LogP contribution in [0.25, 0.3) is 0 Å². The molecule has 1 fully saturated rings. The van der Waals surface area contributed by atoms with Crippen molar-refractivity contribution < 1.29 is 4.39 Å². The quantitative estimate of drug-likeness (QED) is 0.832. The van der Waals surface area contributed by atoms with Crippen molar-refractivity contribution in [2.45, 2.75) is 51.0 Å². The van der Waals surface area contributed by atoms with E-state index in [0.29, 0.717) is 18.4 Å². The van der Waals surface area contributed by atoms with E-state index < -0.39 is 0 Å². The van der Waals surface area contributed by atoms with Gasteiger partial charge in [-0.1, -0.05) is 25.7 Å². The summed E-state index contributed by atoms with van der Waals surface area (Å²) in [7, 11) is 0. The molecule has 0 aliphatic heterocycles. The second kappa shape index (κ2) is 7.43. The normalized spacial score (nSPS) is 17.2. The summed E-state index contributed by atoms with van der Waals surface area (Å²) in [4.78, 5) is 6.39. The lowest BCUT2D eigenvalue weighted by molar-refractivity contribution is 0.501. The molecule has 3 nitrogen and oxygen atoms in total. The van der Waals surface area contributed by atoms with Crippen LogP contribution in [-0.4, -0.2) is 24.1 Å². The van der Waals surface area contributed by atoms with E-state index in [0.717, 1.165) is 25.8 Å². The molecule has 0 radical (unpaired) electrons. The Labute approximate surface area is 115 Å². The Morgan fingerprint density at radius 3 is 2.63 bits per heavy atom. The van der Waals surface area contributed by atoms with Gasteiger partial charge in [-0.25, -0.2) is 9.37 Å². The molecule has 0 spiro atoms. The van der Waals surface area contributed by atoms with Gasteiger partial charge in [0.1, 0.15) is 0 Å². The van der Waals surface area contributed by atoms with Gasteiger partial charge in [0.25, 0.3) is 0 Å². The van der Waals surface area contributed by atoms with Crippen molar-refractivity contribution >= 4 is 5.82 Å². The fourth-order valence-electron chi connectivity index (χ4n) is 2.88. The van der Waals surface area contributed by atoms with Gasteiger partial charge in [-0.15, -0.1) is 0 Å². The van der Waals surface area contributed by atoms with Crippen LogP contribution in [0.15, 0.2) is 18.3 Å². The summed E-state index contributed by atoms with van der Waals surface area (Å²) in [6.07, 6.45) is 9.90. The van der Waals surface area contributed by atoms with Crippen LogP contribution in [0.1, 0.15) is 44.9 Å². The summed E-state index contributed by atoms with van der Waals surface area (Å²) >= 11 is 0. The number of halogens is 1. The van der Waals surface area contributed by atoms with Gasteiger partial charge in [0.15, 0.2) is 11.6 Å². The van der Waals surface area contributed by atoms with E-state index in [-0.39, 0.29) is 5.82 Å². The van der Waals surface area contributed by atoms with E-state index in [1.54, 1.807) is 12.3 Å². The molecular weight excluding hydrogens is 241 g/mol. The Bertz CT molecular complexity index is 375. The van der Waals surface area contributed by atoms with Crippen molar-refractivity contribution in [3.63, 3.8) is 0 Å². The number of nitrogens with two attached hydrogens (primary N) is 1. The predicted molar refractivity (Wildman–Crippen MR) is 76.7 cm³/mol. The lowest BCUT2D eigenvalue weighted by Gasteiger charge is -2.32. The van der Waals surface area contributed by atoms with Gasteiger partial charge in [0.2, 0.25) is 0 Å². The summed E-state index contributed by atoms with van der Waals surface area (Å²) in [5, 5.41) is 0. The fraction of sp³-hybridized carbons (Fsp3) is 0.667. The Kier molecular flexibility index (Phi) is 5.58. The molecule has 1 aliphatic carbocycles. The Balaban J connectivity index is 2.16. The highest BCUT2D eigenvalue weighted by molar-refractivity contribution is 5.41. The minimum absolute atomic E-state index is 0.219. The molecule has 1 aromatic rings. The molecule has 0 bridgehead atoms. The average molecular weight is 265 g/mol. The van der Waals surface area contributed by atoms with Gasteiger partial charge in [-0.2, -0.15) is 0 Å². The van der Waals surface area contributed by atoms with Crippen LogP contribution in [0.3, 0.4) is 0 Å². The minimum Gasteiger partial charge on any atom is -0.351 e. The molecule has 2 N–H and O–H groups in total. The zero-order valence-electron chi connectivity index (χ0n) is 11.5. The van der Waals surface area contributed by atoms with Crippen LogP contribution >= 0.6 is 0 Å². The van der Waals surface area contributed by atoms with Crippen molar-refractivity contribution in [1.82, 2.24) is 4.98 Å². The van der Waals surface area contributed by atoms with Gasteiger partial charge < -0.3 is 10.6 Å². The molecular formula is C15H24FN3. The van der Waals surface area contributed by atoms with Crippen LogP contribution < -0.4 is 10.6 Å². The third-order valence-electron chi connectivity index (χ3n) is 3.88. The van der Waals surface area contributed by atoms with E-state index in [9.17, 15) is 4.39 Å². The first-order valence-corrected chi connectivity index (χ1v) is 7.40. The molecule has 0 aromatic carbocycles. The van der Waals surface area contributed by atoms with Crippen LogP contribution in [0.2, 0.25) is 0 Å². The smallest absolute Gasteiger partial charge is 0.165 e. The molecule has 1 heterocycles. The molecule has 0 saturated heterocycles. The number of anilines is 1. The summed E-state index contributed by atoms with van der Waals surface area (Å²) in [6, 6.07) is 3.56. The SMILES string of the molecule is NCCCN(c1ncccc1F)C1CCCCCC1. The van der Waals surface area contributed by atoms with E-state index in [2.05, 4.69) is 9.88 Å². The minimum atomic E-state index is -0.219.